The Morgan fingerprint density at radius 2 is 1.66 bits per heavy atom. The van der Waals surface area contributed by atoms with Crippen molar-refractivity contribution in [3.8, 4) is 0 Å². The van der Waals surface area contributed by atoms with Crippen molar-refractivity contribution in [1.29, 1.82) is 0 Å². The van der Waals surface area contributed by atoms with Crippen LogP contribution >= 0.6 is 11.8 Å². The normalized spacial score (nSPS) is 20.3. The third-order valence-electron chi connectivity index (χ3n) is 6.22. The van der Waals surface area contributed by atoms with Crippen molar-refractivity contribution in [3.05, 3.63) is 11.6 Å². The van der Waals surface area contributed by atoms with Crippen LogP contribution in [0.3, 0.4) is 0 Å². The molecule has 2 unspecified atom stereocenters. The summed E-state index contributed by atoms with van der Waals surface area (Å²) < 4.78 is 17.0. The fourth-order valence-electron chi connectivity index (χ4n) is 4.19. The van der Waals surface area contributed by atoms with Crippen LogP contribution in [0.2, 0.25) is 0 Å². The van der Waals surface area contributed by atoms with Gasteiger partial charge in [-0.25, -0.2) is 0 Å². The summed E-state index contributed by atoms with van der Waals surface area (Å²) in [5.41, 5.74) is 0. The Bertz CT molecular complexity index is 502. The molecule has 0 aromatic carbocycles. The number of rotatable bonds is 20. The Morgan fingerprint density at radius 3 is 2.34 bits per heavy atom. The van der Waals surface area contributed by atoms with E-state index in [4.69, 9.17) is 14.2 Å². The zero-order valence-corrected chi connectivity index (χ0v) is 21.3. The van der Waals surface area contributed by atoms with Crippen molar-refractivity contribution in [2.45, 2.75) is 122 Å². The largest absolute Gasteiger partial charge is 0.463 e. The van der Waals surface area contributed by atoms with Crippen LogP contribution in [0.4, 0.5) is 0 Å². The molecule has 2 aliphatic rings. The summed E-state index contributed by atoms with van der Waals surface area (Å²) >= 11 is 1.83. The number of ether oxygens (including phenoxy) is 3. The molecule has 186 valence electrons. The topological polar surface area (TPSA) is 48.0 Å². The van der Waals surface area contributed by atoms with E-state index in [-0.39, 0.29) is 18.4 Å². The van der Waals surface area contributed by atoms with Gasteiger partial charge < -0.3 is 19.1 Å². The van der Waals surface area contributed by atoms with E-state index in [0.29, 0.717) is 19.6 Å². The molecule has 0 saturated carbocycles. The molecule has 0 N–H and O–H groups in total. The molecule has 0 aliphatic carbocycles. The Hall–Kier alpha value is -0.720. The number of carbonyl (C=O) groups is 1. The average molecular weight is 470 g/mol. The van der Waals surface area contributed by atoms with Gasteiger partial charge >= 0.3 is 5.97 Å². The average Bonchev–Trinajstić information content (AvgIpc) is 3.48. The summed E-state index contributed by atoms with van der Waals surface area (Å²) in [6.45, 7) is 4.21. The quantitative estimate of drug-likeness (QED) is 0.141. The van der Waals surface area contributed by atoms with Gasteiger partial charge in [0.2, 0.25) is 0 Å². The van der Waals surface area contributed by atoms with Gasteiger partial charge in [-0.3, -0.25) is 4.79 Å². The third-order valence-corrected chi connectivity index (χ3v) is 7.02. The van der Waals surface area contributed by atoms with Gasteiger partial charge in [0.05, 0.1) is 12.5 Å². The van der Waals surface area contributed by atoms with Crippen molar-refractivity contribution in [3.63, 3.8) is 0 Å². The van der Waals surface area contributed by atoms with E-state index in [0.717, 1.165) is 44.5 Å². The lowest BCUT2D eigenvalue weighted by Crippen LogP contribution is -2.21. The SMILES string of the molecule is CCCCCCCCCCCCCC1OCC(COC(=O)CCCCCN2C=CSC2)O1. The van der Waals surface area contributed by atoms with Gasteiger partial charge in [-0.2, -0.15) is 0 Å². The van der Waals surface area contributed by atoms with Gasteiger partial charge in [0.25, 0.3) is 0 Å². The molecule has 2 heterocycles. The van der Waals surface area contributed by atoms with E-state index in [2.05, 4.69) is 23.4 Å². The van der Waals surface area contributed by atoms with Crippen LogP contribution in [-0.4, -0.2) is 48.9 Å². The number of hydrogen-bond donors (Lipinski definition) is 0. The maximum Gasteiger partial charge on any atom is 0.305 e. The summed E-state index contributed by atoms with van der Waals surface area (Å²) in [5, 5.41) is 2.13. The molecule has 0 aromatic rings. The van der Waals surface area contributed by atoms with Gasteiger partial charge in [0.1, 0.15) is 12.7 Å². The highest BCUT2D eigenvalue weighted by molar-refractivity contribution is 8.02. The third kappa shape index (κ3) is 13.7. The van der Waals surface area contributed by atoms with Gasteiger partial charge in [-0.15, -0.1) is 11.8 Å². The molecule has 0 spiro atoms. The van der Waals surface area contributed by atoms with Crippen molar-refractivity contribution < 1.29 is 19.0 Å². The first-order chi connectivity index (χ1) is 15.8. The van der Waals surface area contributed by atoms with Crippen LogP contribution in [0, 0.1) is 0 Å². The zero-order chi connectivity index (χ0) is 22.7. The molecule has 0 amide bonds. The molecule has 1 fully saturated rings. The molecule has 6 heteroatoms. The molecule has 2 atom stereocenters. The van der Waals surface area contributed by atoms with E-state index in [9.17, 15) is 4.79 Å². The highest BCUT2D eigenvalue weighted by Crippen LogP contribution is 2.19. The monoisotopic (exact) mass is 469 g/mol. The molecular weight excluding hydrogens is 422 g/mol. The highest BCUT2D eigenvalue weighted by atomic mass is 32.2. The number of nitrogens with zero attached hydrogens (tertiary/aromatic N) is 1. The Kier molecular flexibility index (Phi) is 16.1. The molecule has 1 saturated heterocycles. The molecule has 0 bridgehead atoms. The molecule has 2 rings (SSSR count). The first-order valence-corrected chi connectivity index (χ1v) is 14.3. The minimum Gasteiger partial charge on any atom is -0.463 e. The van der Waals surface area contributed by atoms with Crippen molar-refractivity contribution >= 4 is 17.7 Å². The van der Waals surface area contributed by atoms with Crippen LogP contribution in [0.25, 0.3) is 0 Å². The van der Waals surface area contributed by atoms with E-state index < -0.39 is 0 Å². The molecule has 32 heavy (non-hydrogen) atoms. The van der Waals surface area contributed by atoms with Gasteiger partial charge in [-0.1, -0.05) is 77.6 Å². The second kappa shape index (κ2) is 18.7. The Labute approximate surface area is 201 Å². The Balaban J connectivity index is 1.33. The van der Waals surface area contributed by atoms with Crippen LogP contribution < -0.4 is 0 Å². The van der Waals surface area contributed by atoms with E-state index in [1.807, 2.05) is 11.8 Å². The second-order valence-corrected chi connectivity index (χ2v) is 10.1. The fraction of sp³-hybridized carbons (Fsp3) is 0.885. The lowest BCUT2D eigenvalue weighted by atomic mass is 10.1. The highest BCUT2D eigenvalue weighted by Gasteiger charge is 2.26. The lowest BCUT2D eigenvalue weighted by molar-refractivity contribution is -0.148. The van der Waals surface area contributed by atoms with Gasteiger partial charge in [0.15, 0.2) is 6.29 Å². The summed E-state index contributed by atoms with van der Waals surface area (Å²) in [5.74, 6) is 0.949. The van der Waals surface area contributed by atoms with Gasteiger partial charge in [-0.05, 0) is 31.1 Å². The summed E-state index contributed by atoms with van der Waals surface area (Å²) in [7, 11) is 0. The van der Waals surface area contributed by atoms with E-state index in [1.54, 1.807) is 0 Å². The number of thioether (sulfide) groups is 1. The standard InChI is InChI=1S/C26H47NO4S/c1-2-3-4-5-6-7-8-9-10-11-14-17-26-30-22-24(31-26)21-29-25(28)16-13-12-15-18-27-19-20-32-23-27/h19-20,24,26H,2-18,21-23H2,1H3. The van der Waals surface area contributed by atoms with E-state index >= 15 is 0 Å². The van der Waals surface area contributed by atoms with E-state index in [1.165, 1.54) is 64.2 Å². The maximum absolute atomic E-state index is 11.9. The van der Waals surface area contributed by atoms with Crippen molar-refractivity contribution in [1.82, 2.24) is 4.90 Å². The number of carbonyl (C=O) groups excluding carboxylic acids is 1. The van der Waals surface area contributed by atoms with Crippen LogP contribution in [0.15, 0.2) is 11.6 Å². The van der Waals surface area contributed by atoms with Crippen molar-refractivity contribution in [2.75, 3.05) is 25.6 Å². The predicted octanol–water partition coefficient (Wildman–Crippen LogP) is 7.01. The molecular formula is C26H47NO4S. The minimum absolute atomic E-state index is 0.101. The minimum atomic E-state index is -0.116. The first-order valence-electron chi connectivity index (χ1n) is 13.2. The molecule has 0 radical (unpaired) electrons. The summed E-state index contributed by atoms with van der Waals surface area (Å²) in [6, 6.07) is 0. The Morgan fingerprint density at radius 1 is 0.969 bits per heavy atom. The lowest BCUT2D eigenvalue weighted by Gasteiger charge is -2.14. The maximum atomic E-state index is 11.9. The fourth-order valence-corrected chi connectivity index (χ4v) is 4.94. The predicted molar refractivity (Wildman–Crippen MR) is 133 cm³/mol. The van der Waals surface area contributed by atoms with Crippen LogP contribution in [0.1, 0.15) is 110 Å². The smallest absolute Gasteiger partial charge is 0.305 e. The van der Waals surface area contributed by atoms with Gasteiger partial charge in [0, 0.05) is 19.2 Å². The summed E-state index contributed by atoms with van der Waals surface area (Å²) in [6.07, 6.45) is 21.3. The number of esters is 1. The molecule has 5 nitrogen and oxygen atoms in total. The molecule has 2 aliphatic heterocycles. The zero-order valence-electron chi connectivity index (χ0n) is 20.4. The first kappa shape index (κ1) is 27.5. The number of unbranched alkanes of at least 4 members (excludes halogenated alkanes) is 12. The van der Waals surface area contributed by atoms with Crippen molar-refractivity contribution in [2.24, 2.45) is 0 Å². The second-order valence-electron chi connectivity index (χ2n) is 9.23. The summed E-state index contributed by atoms with van der Waals surface area (Å²) in [4.78, 5) is 14.3. The van der Waals surface area contributed by atoms with Crippen LogP contribution in [0.5, 0.6) is 0 Å². The molecule has 0 aromatic heterocycles. The van der Waals surface area contributed by atoms with Crippen LogP contribution in [-0.2, 0) is 19.0 Å². The number of hydrogen-bond acceptors (Lipinski definition) is 6.